The normalized spacial score (nSPS) is 7.58. The first-order chi connectivity index (χ1) is 8.66. The van der Waals surface area contributed by atoms with Crippen molar-refractivity contribution in [3.05, 3.63) is 13.8 Å². The minimum atomic E-state index is 0. The summed E-state index contributed by atoms with van der Waals surface area (Å²) >= 11 is 0. The molecule has 118 valence electrons. The molecular formula is C16H38O2Zr. The molecule has 0 spiro atoms. The third-order valence-electron chi connectivity index (χ3n) is 1.71. The fourth-order valence-electron chi connectivity index (χ4n) is 0.854. The molecule has 0 aliphatic heterocycles. The van der Waals surface area contributed by atoms with Crippen LogP contribution in [0.1, 0.15) is 79.1 Å². The first-order valence-corrected chi connectivity index (χ1v) is 7.46. The van der Waals surface area contributed by atoms with Gasteiger partial charge in [-0.05, 0) is 13.8 Å². The van der Waals surface area contributed by atoms with Crippen molar-refractivity contribution in [3.63, 3.8) is 0 Å². The molecule has 0 fully saturated rings. The SMILES string of the molecule is CCO.CCO.[CH2-]CCCCC.[CH2-]CCCCC.[Zr+2]. The largest absolute Gasteiger partial charge is 2.00 e. The smallest absolute Gasteiger partial charge is 0.397 e. The molecule has 0 aromatic rings. The van der Waals surface area contributed by atoms with E-state index >= 15 is 0 Å². The number of unbranched alkanes of at least 4 members (excludes halogenated alkanes) is 6. The Kier molecular flexibility index (Phi) is 85.9. The second kappa shape index (κ2) is 51.1. The van der Waals surface area contributed by atoms with Crippen LogP contribution in [0.3, 0.4) is 0 Å². The summed E-state index contributed by atoms with van der Waals surface area (Å²) in [5.41, 5.74) is 0. The quantitative estimate of drug-likeness (QED) is 0.532. The van der Waals surface area contributed by atoms with Gasteiger partial charge in [0.2, 0.25) is 0 Å². The predicted molar refractivity (Wildman–Crippen MR) is 84.5 cm³/mol. The Morgan fingerprint density at radius 1 is 0.632 bits per heavy atom. The fourth-order valence-corrected chi connectivity index (χ4v) is 0.854. The average Bonchev–Trinajstić information content (AvgIpc) is 2.36. The monoisotopic (exact) mass is 352 g/mol. The Hall–Kier alpha value is 0.803. The van der Waals surface area contributed by atoms with Gasteiger partial charge in [-0.15, -0.1) is 0 Å². The van der Waals surface area contributed by atoms with E-state index in [0.717, 1.165) is 12.8 Å². The summed E-state index contributed by atoms with van der Waals surface area (Å²) in [7, 11) is 0. The molecule has 2 N–H and O–H groups in total. The first kappa shape index (κ1) is 32.0. The van der Waals surface area contributed by atoms with E-state index < -0.39 is 0 Å². The van der Waals surface area contributed by atoms with E-state index in [4.69, 9.17) is 10.2 Å². The van der Waals surface area contributed by atoms with Gasteiger partial charge in [0.25, 0.3) is 0 Å². The molecule has 0 heterocycles. The zero-order valence-corrected chi connectivity index (χ0v) is 16.3. The van der Waals surface area contributed by atoms with Gasteiger partial charge in [-0.1, -0.05) is 52.4 Å². The maximum absolute atomic E-state index is 7.57. The first-order valence-electron chi connectivity index (χ1n) is 7.46. The van der Waals surface area contributed by atoms with Gasteiger partial charge in [0.05, 0.1) is 0 Å². The molecule has 19 heavy (non-hydrogen) atoms. The van der Waals surface area contributed by atoms with E-state index in [0.29, 0.717) is 0 Å². The Bertz CT molecular complexity index is 63.1. The standard InChI is InChI=1S/2C6H13.2C2H6O.Zr/c2*1-3-5-6-4-2;2*1-2-3;/h2*1,3-6H2,2H3;2*3H,2H2,1H3;/q2*-1;;;+2. The molecule has 0 atom stereocenters. The second-order valence-electron chi connectivity index (χ2n) is 3.75. The minimum absolute atomic E-state index is 0. The summed E-state index contributed by atoms with van der Waals surface area (Å²) < 4.78 is 0. The minimum Gasteiger partial charge on any atom is -0.397 e. The fraction of sp³-hybridized carbons (Fsp3) is 0.875. The number of aliphatic hydroxyl groups excluding tert-OH is 2. The zero-order chi connectivity index (χ0) is 15.1. The second-order valence-corrected chi connectivity index (χ2v) is 3.75. The molecule has 0 rings (SSSR count). The van der Waals surface area contributed by atoms with Gasteiger partial charge in [-0.25, -0.2) is 0 Å². The van der Waals surface area contributed by atoms with Crippen molar-refractivity contribution in [2.24, 2.45) is 0 Å². The molecule has 0 radical (unpaired) electrons. The molecule has 0 unspecified atom stereocenters. The number of hydrogen-bond acceptors (Lipinski definition) is 2. The average molecular weight is 354 g/mol. The van der Waals surface area contributed by atoms with Crippen molar-refractivity contribution >= 4 is 0 Å². The van der Waals surface area contributed by atoms with Crippen LogP contribution < -0.4 is 0 Å². The van der Waals surface area contributed by atoms with Crippen LogP contribution in [-0.4, -0.2) is 23.4 Å². The number of hydrogen-bond donors (Lipinski definition) is 2. The van der Waals surface area contributed by atoms with Crippen LogP contribution in [-0.2, 0) is 26.2 Å². The molecule has 0 aliphatic rings. The van der Waals surface area contributed by atoms with Gasteiger partial charge in [0, 0.05) is 13.2 Å². The van der Waals surface area contributed by atoms with Crippen LogP contribution in [0.2, 0.25) is 0 Å². The van der Waals surface area contributed by atoms with Crippen LogP contribution in [0.4, 0.5) is 0 Å². The molecule has 3 heteroatoms. The van der Waals surface area contributed by atoms with Gasteiger partial charge in [-0.3, -0.25) is 0 Å². The van der Waals surface area contributed by atoms with E-state index in [-0.39, 0.29) is 39.4 Å². The van der Waals surface area contributed by atoms with Gasteiger partial charge in [0.1, 0.15) is 0 Å². The summed E-state index contributed by atoms with van der Waals surface area (Å²) in [6.45, 7) is 15.7. The van der Waals surface area contributed by atoms with Crippen molar-refractivity contribution in [1.82, 2.24) is 0 Å². The summed E-state index contributed by atoms with van der Waals surface area (Å²) in [6.07, 6.45) is 10.1. The van der Waals surface area contributed by atoms with Crippen molar-refractivity contribution in [3.8, 4) is 0 Å². The maximum atomic E-state index is 7.57. The Morgan fingerprint density at radius 3 is 0.895 bits per heavy atom. The van der Waals surface area contributed by atoms with Crippen LogP contribution in [0.25, 0.3) is 0 Å². The van der Waals surface area contributed by atoms with Crippen molar-refractivity contribution < 1.29 is 36.4 Å². The van der Waals surface area contributed by atoms with E-state index in [2.05, 4.69) is 27.7 Å². The molecule has 0 bridgehead atoms. The van der Waals surface area contributed by atoms with Crippen LogP contribution in [0.15, 0.2) is 0 Å². The molecule has 0 saturated carbocycles. The summed E-state index contributed by atoms with van der Waals surface area (Å²) in [4.78, 5) is 0. The van der Waals surface area contributed by atoms with E-state index in [9.17, 15) is 0 Å². The van der Waals surface area contributed by atoms with E-state index in [1.807, 2.05) is 0 Å². The van der Waals surface area contributed by atoms with Crippen molar-refractivity contribution in [2.45, 2.75) is 79.1 Å². The molecule has 0 aromatic heterocycles. The molecule has 0 amide bonds. The predicted octanol–water partition coefficient (Wildman–Crippen LogP) is 4.80. The number of aliphatic hydroxyl groups is 2. The van der Waals surface area contributed by atoms with Gasteiger partial charge >= 0.3 is 26.2 Å². The van der Waals surface area contributed by atoms with Crippen molar-refractivity contribution in [1.29, 1.82) is 0 Å². The zero-order valence-electron chi connectivity index (χ0n) is 13.9. The topological polar surface area (TPSA) is 40.5 Å². The third kappa shape index (κ3) is 115. The Balaban J connectivity index is -0.0000000476. The molecule has 2 nitrogen and oxygen atoms in total. The van der Waals surface area contributed by atoms with Crippen LogP contribution in [0, 0.1) is 13.8 Å². The Labute approximate surface area is 142 Å². The summed E-state index contributed by atoms with van der Waals surface area (Å²) in [5.74, 6) is 0. The molecule has 0 saturated heterocycles. The third-order valence-corrected chi connectivity index (χ3v) is 1.71. The molecule has 0 aromatic carbocycles. The van der Waals surface area contributed by atoms with Gasteiger partial charge in [0.15, 0.2) is 0 Å². The van der Waals surface area contributed by atoms with Gasteiger partial charge < -0.3 is 24.1 Å². The molecule has 0 aliphatic carbocycles. The maximum Gasteiger partial charge on any atom is 2.00 e. The van der Waals surface area contributed by atoms with Crippen LogP contribution >= 0.6 is 0 Å². The molecular weight excluding hydrogens is 315 g/mol. The van der Waals surface area contributed by atoms with Crippen molar-refractivity contribution in [2.75, 3.05) is 13.2 Å². The Morgan fingerprint density at radius 2 is 0.842 bits per heavy atom. The number of rotatable bonds is 6. The van der Waals surface area contributed by atoms with Crippen LogP contribution in [0.5, 0.6) is 0 Å². The van der Waals surface area contributed by atoms with E-state index in [1.54, 1.807) is 13.8 Å². The summed E-state index contributed by atoms with van der Waals surface area (Å²) in [5, 5.41) is 15.1. The van der Waals surface area contributed by atoms with E-state index in [1.165, 1.54) is 38.5 Å². The van der Waals surface area contributed by atoms with Gasteiger partial charge in [-0.2, -0.15) is 12.8 Å². The summed E-state index contributed by atoms with van der Waals surface area (Å²) in [6, 6.07) is 0.